The van der Waals surface area contributed by atoms with Crippen molar-refractivity contribution in [2.45, 2.75) is 6.42 Å². The molecule has 0 atom stereocenters. The van der Waals surface area contributed by atoms with Crippen LogP contribution in [-0.4, -0.2) is 35.8 Å². The van der Waals surface area contributed by atoms with E-state index in [0.29, 0.717) is 29.2 Å². The van der Waals surface area contributed by atoms with Gasteiger partial charge in [-0.1, -0.05) is 42.5 Å². The first-order valence-electron chi connectivity index (χ1n) is 9.76. The highest BCUT2D eigenvalue weighted by molar-refractivity contribution is 6.03. The molecule has 1 amide bonds. The molecular formula is C24H22N4O3. The van der Waals surface area contributed by atoms with Crippen LogP contribution < -0.4 is 14.9 Å². The Morgan fingerprint density at radius 1 is 0.935 bits per heavy atom. The lowest BCUT2D eigenvalue weighted by molar-refractivity contribution is 0.0954. The number of ether oxygens (including phenoxy) is 2. The van der Waals surface area contributed by atoms with Gasteiger partial charge in [0.1, 0.15) is 5.82 Å². The predicted octanol–water partition coefficient (Wildman–Crippen LogP) is 3.96. The van der Waals surface area contributed by atoms with Crippen LogP contribution in [0, 0.1) is 0 Å². The van der Waals surface area contributed by atoms with Gasteiger partial charge in [0.25, 0.3) is 5.91 Å². The van der Waals surface area contributed by atoms with E-state index in [9.17, 15) is 4.79 Å². The van der Waals surface area contributed by atoms with Crippen LogP contribution in [0.3, 0.4) is 0 Å². The number of nitrogens with one attached hydrogen (secondary N) is 2. The van der Waals surface area contributed by atoms with Crippen LogP contribution in [0.1, 0.15) is 21.7 Å². The van der Waals surface area contributed by atoms with Crippen molar-refractivity contribution in [3.8, 4) is 11.5 Å². The smallest absolute Gasteiger partial charge is 0.271 e. The van der Waals surface area contributed by atoms with E-state index in [1.165, 1.54) is 7.11 Å². The van der Waals surface area contributed by atoms with Gasteiger partial charge < -0.3 is 14.5 Å². The molecule has 0 radical (unpaired) electrons. The molecule has 3 aromatic carbocycles. The van der Waals surface area contributed by atoms with Gasteiger partial charge in [0.05, 0.1) is 37.4 Å². The minimum atomic E-state index is -0.348. The maximum Gasteiger partial charge on any atom is 0.271 e. The predicted molar refractivity (Wildman–Crippen MR) is 120 cm³/mol. The topological polar surface area (TPSA) is 88.6 Å². The fourth-order valence-electron chi connectivity index (χ4n) is 3.24. The van der Waals surface area contributed by atoms with E-state index >= 15 is 0 Å². The number of fused-ring (bicyclic) bond motifs is 1. The van der Waals surface area contributed by atoms with E-state index < -0.39 is 0 Å². The zero-order chi connectivity index (χ0) is 21.6. The summed E-state index contributed by atoms with van der Waals surface area (Å²) < 4.78 is 10.5. The Balaban J connectivity index is 1.60. The number of para-hydroxylation sites is 2. The average molecular weight is 414 g/mol. The van der Waals surface area contributed by atoms with Crippen LogP contribution in [-0.2, 0) is 6.42 Å². The molecule has 7 nitrogen and oxygen atoms in total. The summed E-state index contributed by atoms with van der Waals surface area (Å²) in [6.45, 7) is 0. The summed E-state index contributed by atoms with van der Waals surface area (Å²) >= 11 is 0. The maximum absolute atomic E-state index is 12.7. The van der Waals surface area contributed by atoms with Gasteiger partial charge in [-0.15, -0.1) is 0 Å². The number of methoxy groups -OCH3 is 2. The average Bonchev–Trinajstić information content (AvgIpc) is 3.24. The molecular weight excluding hydrogens is 392 g/mol. The minimum absolute atomic E-state index is 0.348. The summed E-state index contributed by atoms with van der Waals surface area (Å²) in [4.78, 5) is 20.6. The number of carbonyl (C=O) groups is 1. The van der Waals surface area contributed by atoms with Crippen LogP contribution in [0.25, 0.3) is 11.0 Å². The van der Waals surface area contributed by atoms with Crippen molar-refractivity contribution in [2.75, 3.05) is 14.2 Å². The molecule has 4 aromatic rings. The third kappa shape index (κ3) is 4.56. The first kappa shape index (κ1) is 20.2. The third-order valence-corrected chi connectivity index (χ3v) is 4.82. The van der Waals surface area contributed by atoms with Crippen LogP contribution in [0.15, 0.2) is 77.9 Å². The summed E-state index contributed by atoms with van der Waals surface area (Å²) in [5, 5.41) is 4.42. The molecule has 0 bridgehead atoms. The molecule has 0 aliphatic carbocycles. The first-order chi connectivity index (χ1) is 15.2. The third-order valence-electron chi connectivity index (χ3n) is 4.82. The van der Waals surface area contributed by atoms with E-state index in [-0.39, 0.29) is 5.91 Å². The number of imidazole rings is 1. The Kier molecular flexibility index (Phi) is 5.93. The number of aromatic amines is 1. The summed E-state index contributed by atoms with van der Waals surface area (Å²) in [6, 6.07) is 22.5. The van der Waals surface area contributed by atoms with Crippen LogP contribution in [0.2, 0.25) is 0 Å². The Morgan fingerprint density at radius 3 is 2.42 bits per heavy atom. The molecule has 0 fully saturated rings. The minimum Gasteiger partial charge on any atom is -0.493 e. The van der Waals surface area contributed by atoms with Gasteiger partial charge in [0, 0.05) is 5.56 Å². The molecule has 2 N–H and O–H groups in total. The molecule has 156 valence electrons. The highest BCUT2D eigenvalue weighted by Gasteiger charge is 2.13. The number of amides is 1. The van der Waals surface area contributed by atoms with Crippen molar-refractivity contribution in [1.29, 1.82) is 0 Å². The van der Waals surface area contributed by atoms with E-state index in [1.807, 2.05) is 54.6 Å². The lowest BCUT2D eigenvalue weighted by Crippen LogP contribution is -2.21. The maximum atomic E-state index is 12.7. The molecule has 7 heteroatoms. The van der Waals surface area contributed by atoms with Crippen molar-refractivity contribution in [2.24, 2.45) is 5.10 Å². The largest absolute Gasteiger partial charge is 0.493 e. The lowest BCUT2D eigenvalue weighted by Gasteiger charge is -2.09. The molecule has 0 saturated heterocycles. The highest BCUT2D eigenvalue weighted by atomic mass is 16.5. The normalized spacial score (nSPS) is 11.4. The SMILES string of the molecule is COc1ccc(C(=O)N/N=C(\Cc2nc3ccccc3[nH]2)c2ccccc2)cc1OC. The highest BCUT2D eigenvalue weighted by Crippen LogP contribution is 2.27. The van der Waals surface area contributed by atoms with Gasteiger partial charge in [-0.05, 0) is 35.9 Å². The molecule has 0 unspecified atom stereocenters. The molecule has 0 aliphatic heterocycles. The molecule has 0 spiro atoms. The number of hydrogen-bond acceptors (Lipinski definition) is 5. The monoisotopic (exact) mass is 414 g/mol. The number of hydrazone groups is 1. The Bertz CT molecular complexity index is 1200. The molecule has 0 aliphatic rings. The number of rotatable bonds is 7. The number of hydrogen-bond donors (Lipinski definition) is 2. The Labute approximate surface area is 179 Å². The van der Waals surface area contributed by atoms with Crippen LogP contribution in [0.5, 0.6) is 11.5 Å². The number of aromatic nitrogens is 2. The second-order valence-electron chi connectivity index (χ2n) is 6.81. The van der Waals surface area contributed by atoms with Crippen molar-refractivity contribution in [3.05, 3.63) is 89.7 Å². The van der Waals surface area contributed by atoms with E-state index in [1.54, 1.807) is 25.3 Å². The molecule has 1 aromatic heterocycles. The zero-order valence-electron chi connectivity index (χ0n) is 17.3. The van der Waals surface area contributed by atoms with Crippen molar-refractivity contribution >= 4 is 22.7 Å². The van der Waals surface area contributed by atoms with Crippen LogP contribution in [0.4, 0.5) is 0 Å². The van der Waals surface area contributed by atoms with Gasteiger partial charge in [-0.25, -0.2) is 10.4 Å². The number of carbonyl (C=O) groups excluding carboxylic acids is 1. The van der Waals surface area contributed by atoms with E-state index in [4.69, 9.17) is 9.47 Å². The summed E-state index contributed by atoms with van der Waals surface area (Å²) in [5.41, 5.74) is 6.50. The van der Waals surface area contributed by atoms with E-state index in [2.05, 4.69) is 20.5 Å². The Morgan fingerprint density at radius 2 is 1.68 bits per heavy atom. The second-order valence-corrected chi connectivity index (χ2v) is 6.81. The van der Waals surface area contributed by atoms with Crippen molar-refractivity contribution in [3.63, 3.8) is 0 Å². The van der Waals surface area contributed by atoms with Crippen molar-refractivity contribution in [1.82, 2.24) is 15.4 Å². The first-order valence-corrected chi connectivity index (χ1v) is 9.76. The van der Waals surface area contributed by atoms with Crippen molar-refractivity contribution < 1.29 is 14.3 Å². The molecule has 1 heterocycles. The summed E-state index contributed by atoms with van der Waals surface area (Å²) in [5.74, 6) is 1.45. The lowest BCUT2D eigenvalue weighted by atomic mass is 10.1. The number of benzene rings is 3. The number of nitrogens with zero attached hydrogens (tertiary/aromatic N) is 2. The molecule has 4 rings (SSSR count). The van der Waals surface area contributed by atoms with Gasteiger partial charge in [-0.2, -0.15) is 5.10 Å². The summed E-state index contributed by atoms with van der Waals surface area (Å²) in [6.07, 6.45) is 0.435. The zero-order valence-corrected chi connectivity index (χ0v) is 17.3. The van der Waals surface area contributed by atoms with Gasteiger partial charge in [0.2, 0.25) is 0 Å². The Hall–Kier alpha value is -4.13. The second kappa shape index (κ2) is 9.13. The molecule has 31 heavy (non-hydrogen) atoms. The molecule has 0 saturated carbocycles. The van der Waals surface area contributed by atoms with E-state index in [0.717, 1.165) is 22.4 Å². The van der Waals surface area contributed by atoms with Crippen LogP contribution >= 0.6 is 0 Å². The fraction of sp³-hybridized carbons (Fsp3) is 0.125. The van der Waals surface area contributed by atoms with Gasteiger partial charge in [0.15, 0.2) is 11.5 Å². The van der Waals surface area contributed by atoms with Gasteiger partial charge in [-0.3, -0.25) is 4.79 Å². The number of H-pyrrole nitrogens is 1. The summed E-state index contributed by atoms with van der Waals surface area (Å²) in [7, 11) is 3.07. The quantitative estimate of drug-likeness (QED) is 0.354. The standard InChI is InChI=1S/C24H22N4O3/c1-30-21-13-12-17(14-22(21)31-2)24(29)28-27-20(16-8-4-3-5-9-16)15-23-25-18-10-6-7-11-19(18)26-23/h3-14H,15H2,1-2H3,(H,25,26)(H,28,29)/b27-20+. The fourth-order valence-corrected chi connectivity index (χ4v) is 3.24. The van der Waals surface area contributed by atoms with Gasteiger partial charge >= 0.3 is 0 Å².